The van der Waals surface area contributed by atoms with Gasteiger partial charge in [-0.05, 0) is 31.5 Å². The third-order valence-corrected chi connectivity index (χ3v) is 3.08. The van der Waals surface area contributed by atoms with Crippen molar-refractivity contribution in [3.05, 3.63) is 40.2 Å². The highest BCUT2D eigenvalue weighted by Crippen LogP contribution is 2.20. The average Bonchev–Trinajstić information content (AvgIpc) is 2.47. The van der Waals surface area contributed by atoms with Crippen LogP contribution in [-0.4, -0.2) is 19.1 Å². The lowest BCUT2D eigenvalue weighted by molar-refractivity contribution is 0.0949. The minimum Gasteiger partial charge on any atom is -0.494 e. The Hall–Kier alpha value is -2.30. The minimum atomic E-state index is -0.634. The van der Waals surface area contributed by atoms with E-state index in [1.165, 1.54) is 0 Å². The van der Waals surface area contributed by atoms with Gasteiger partial charge in [-0.15, -0.1) is 0 Å². The average molecular weight is 289 g/mol. The van der Waals surface area contributed by atoms with E-state index in [0.717, 1.165) is 12.8 Å². The predicted molar refractivity (Wildman–Crippen MR) is 80.9 cm³/mol. The van der Waals surface area contributed by atoms with Crippen molar-refractivity contribution in [3.63, 3.8) is 0 Å². The van der Waals surface area contributed by atoms with Crippen LogP contribution in [0.3, 0.4) is 0 Å². The Morgan fingerprint density at radius 2 is 2.10 bits per heavy atom. The van der Waals surface area contributed by atoms with Crippen LogP contribution >= 0.6 is 0 Å². The van der Waals surface area contributed by atoms with Crippen LogP contribution < -0.4 is 15.7 Å². The second kappa shape index (κ2) is 6.92. The Morgan fingerprint density at radius 1 is 1.29 bits per heavy atom. The van der Waals surface area contributed by atoms with Gasteiger partial charge in [0.2, 0.25) is 0 Å². The van der Waals surface area contributed by atoms with Crippen LogP contribution in [0.4, 0.5) is 0 Å². The molecular weight excluding hydrogens is 270 g/mol. The van der Waals surface area contributed by atoms with Gasteiger partial charge in [0.25, 0.3) is 5.91 Å². The zero-order valence-electron chi connectivity index (χ0n) is 12.3. The molecule has 0 bridgehead atoms. The van der Waals surface area contributed by atoms with E-state index in [1.807, 2.05) is 13.8 Å². The van der Waals surface area contributed by atoms with Crippen LogP contribution in [0.5, 0.6) is 5.75 Å². The molecule has 1 aromatic heterocycles. The van der Waals surface area contributed by atoms with E-state index in [0.29, 0.717) is 29.9 Å². The second-order valence-electron chi connectivity index (χ2n) is 4.69. The molecule has 0 spiro atoms. The first kappa shape index (κ1) is 15.1. The van der Waals surface area contributed by atoms with Crippen molar-refractivity contribution in [1.29, 1.82) is 0 Å². The summed E-state index contributed by atoms with van der Waals surface area (Å²) in [6.07, 6.45) is 1.86. The van der Waals surface area contributed by atoms with E-state index in [-0.39, 0.29) is 5.56 Å². The maximum Gasteiger partial charge on any atom is 0.349 e. The van der Waals surface area contributed by atoms with Crippen molar-refractivity contribution in [1.82, 2.24) is 5.32 Å². The van der Waals surface area contributed by atoms with Gasteiger partial charge in [0.1, 0.15) is 16.9 Å². The van der Waals surface area contributed by atoms with Crippen LogP contribution in [0.2, 0.25) is 0 Å². The maximum absolute atomic E-state index is 12.0. The number of hydrogen-bond donors (Lipinski definition) is 1. The molecule has 0 aliphatic heterocycles. The Morgan fingerprint density at radius 3 is 2.81 bits per heavy atom. The molecule has 1 N–H and O–H groups in total. The van der Waals surface area contributed by atoms with E-state index < -0.39 is 11.5 Å². The summed E-state index contributed by atoms with van der Waals surface area (Å²) >= 11 is 0. The molecule has 21 heavy (non-hydrogen) atoms. The molecule has 5 heteroatoms. The van der Waals surface area contributed by atoms with Gasteiger partial charge in [0.05, 0.1) is 6.61 Å². The van der Waals surface area contributed by atoms with Crippen LogP contribution in [0.1, 0.15) is 37.0 Å². The van der Waals surface area contributed by atoms with E-state index in [9.17, 15) is 9.59 Å². The highest BCUT2D eigenvalue weighted by molar-refractivity contribution is 5.96. The van der Waals surface area contributed by atoms with E-state index in [2.05, 4.69) is 5.32 Å². The zero-order valence-corrected chi connectivity index (χ0v) is 12.3. The quantitative estimate of drug-likeness (QED) is 0.656. The van der Waals surface area contributed by atoms with Crippen molar-refractivity contribution >= 4 is 16.9 Å². The molecule has 1 aromatic carbocycles. The SMILES string of the molecule is CCCCNC(=O)c1cc2ccc(OCC)cc2oc1=O. The van der Waals surface area contributed by atoms with Gasteiger partial charge < -0.3 is 14.5 Å². The molecule has 2 aromatic rings. The first-order valence-corrected chi connectivity index (χ1v) is 7.14. The Kier molecular flexibility index (Phi) is 4.98. The van der Waals surface area contributed by atoms with Gasteiger partial charge in [0.15, 0.2) is 0 Å². The molecule has 0 saturated heterocycles. The maximum atomic E-state index is 12.0. The van der Waals surface area contributed by atoms with Gasteiger partial charge >= 0.3 is 5.63 Å². The fourth-order valence-electron chi connectivity index (χ4n) is 1.98. The smallest absolute Gasteiger partial charge is 0.349 e. The van der Waals surface area contributed by atoms with Crippen molar-refractivity contribution < 1.29 is 13.9 Å². The number of ether oxygens (including phenoxy) is 1. The Bertz CT molecular complexity index is 690. The first-order valence-electron chi connectivity index (χ1n) is 7.14. The molecule has 0 aliphatic carbocycles. The first-order chi connectivity index (χ1) is 10.2. The summed E-state index contributed by atoms with van der Waals surface area (Å²) in [6, 6.07) is 6.76. The predicted octanol–water partition coefficient (Wildman–Crippen LogP) is 2.72. The Labute approximate surface area is 122 Å². The van der Waals surface area contributed by atoms with Crippen molar-refractivity contribution in [2.75, 3.05) is 13.2 Å². The number of unbranched alkanes of at least 4 members (excludes halogenated alkanes) is 1. The largest absolute Gasteiger partial charge is 0.494 e. The zero-order chi connectivity index (χ0) is 15.2. The number of carbonyl (C=O) groups excluding carboxylic acids is 1. The molecule has 1 heterocycles. The molecule has 1 amide bonds. The summed E-state index contributed by atoms with van der Waals surface area (Å²) < 4.78 is 10.6. The fraction of sp³-hybridized carbons (Fsp3) is 0.375. The summed E-state index contributed by atoms with van der Waals surface area (Å²) in [5, 5.41) is 3.41. The van der Waals surface area contributed by atoms with Gasteiger partial charge in [-0.1, -0.05) is 13.3 Å². The second-order valence-corrected chi connectivity index (χ2v) is 4.69. The molecule has 0 atom stereocenters. The lowest BCUT2D eigenvalue weighted by atomic mass is 10.1. The molecule has 0 unspecified atom stereocenters. The van der Waals surface area contributed by atoms with Gasteiger partial charge in [-0.25, -0.2) is 4.79 Å². The van der Waals surface area contributed by atoms with E-state index in [1.54, 1.807) is 24.3 Å². The van der Waals surface area contributed by atoms with Crippen molar-refractivity contribution in [3.8, 4) is 5.75 Å². The Balaban J connectivity index is 2.30. The number of carbonyl (C=O) groups is 1. The molecule has 2 rings (SSSR count). The number of fused-ring (bicyclic) bond motifs is 1. The number of benzene rings is 1. The monoisotopic (exact) mass is 289 g/mol. The number of nitrogens with one attached hydrogen (secondary N) is 1. The lowest BCUT2D eigenvalue weighted by Gasteiger charge is -2.06. The summed E-state index contributed by atoms with van der Waals surface area (Å²) in [7, 11) is 0. The minimum absolute atomic E-state index is 0.0303. The summed E-state index contributed by atoms with van der Waals surface area (Å²) in [5.41, 5.74) is -0.191. The standard InChI is InChI=1S/C16H19NO4/c1-3-5-8-17-15(18)13-9-11-6-7-12(20-4-2)10-14(11)21-16(13)19/h6-7,9-10H,3-5,8H2,1-2H3,(H,17,18). The normalized spacial score (nSPS) is 10.6. The van der Waals surface area contributed by atoms with Gasteiger partial charge in [-0.2, -0.15) is 0 Å². The summed E-state index contributed by atoms with van der Waals surface area (Å²) in [4.78, 5) is 23.9. The molecule has 5 nitrogen and oxygen atoms in total. The van der Waals surface area contributed by atoms with Gasteiger partial charge in [0, 0.05) is 18.0 Å². The van der Waals surface area contributed by atoms with Crippen molar-refractivity contribution in [2.24, 2.45) is 0 Å². The third-order valence-electron chi connectivity index (χ3n) is 3.08. The highest BCUT2D eigenvalue weighted by Gasteiger charge is 2.13. The molecular formula is C16H19NO4. The van der Waals surface area contributed by atoms with E-state index in [4.69, 9.17) is 9.15 Å². The third kappa shape index (κ3) is 3.62. The number of rotatable bonds is 6. The van der Waals surface area contributed by atoms with Crippen LogP contribution in [0.25, 0.3) is 11.0 Å². The summed E-state index contributed by atoms with van der Waals surface area (Å²) in [6.45, 7) is 5.00. The molecule has 0 aliphatic rings. The fourth-order valence-corrected chi connectivity index (χ4v) is 1.98. The highest BCUT2D eigenvalue weighted by atomic mass is 16.5. The topological polar surface area (TPSA) is 68.5 Å². The molecule has 0 saturated carbocycles. The lowest BCUT2D eigenvalue weighted by Crippen LogP contribution is -2.28. The van der Waals surface area contributed by atoms with Crippen LogP contribution in [-0.2, 0) is 0 Å². The molecule has 0 radical (unpaired) electrons. The molecule has 112 valence electrons. The van der Waals surface area contributed by atoms with Crippen molar-refractivity contribution in [2.45, 2.75) is 26.7 Å². The summed E-state index contributed by atoms with van der Waals surface area (Å²) in [5.74, 6) is 0.237. The number of hydrogen-bond acceptors (Lipinski definition) is 4. The van der Waals surface area contributed by atoms with Gasteiger partial charge in [-0.3, -0.25) is 4.79 Å². The van der Waals surface area contributed by atoms with Crippen LogP contribution in [0, 0.1) is 0 Å². The molecule has 0 fully saturated rings. The number of amides is 1. The van der Waals surface area contributed by atoms with E-state index >= 15 is 0 Å². The van der Waals surface area contributed by atoms with Crippen LogP contribution in [0.15, 0.2) is 33.5 Å².